The Morgan fingerprint density at radius 3 is 2.84 bits per heavy atom. The van der Waals surface area contributed by atoms with Crippen LogP contribution in [0.2, 0.25) is 5.15 Å². The molecule has 0 unspecified atom stereocenters. The van der Waals surface area contributed by atoms with Gasteiger partial charge < -0.3 is 15.8 Å². The maximum absolute atomic E-state index is 11.6. The standard InChI is InChI=1S/C12H11ClN4O2/c13-10-4-5-11(17-16-10)15-12(18)7-19-9-3-1-2-8(14)6-9/h1-6H,7,14H2,(H,15,17,18). The number of carbonyl (C=O) groups is 1. The van der Waals surface area contributed by atoms with E-state index in [1.54, 1.807) is 30.3 Å². The number of amides is 1. The molecule has 19 heavy (non-hydrogen) atoms. The molecule has 6 nitrogen and oxygen atoms in total. The molecule has 7 heteroatoms. The van der Waals surface area contributed by atoms with Crippen molar-refractivity contribution >= 4 is 29.0 Å². The van der Waals surface area contributed by atoms with E-state index in [-0.39, 0.29) is 17.7 Å². The van der Waals surface area contributed by atoms with Crippen LogP contribution in [0.3, 0.4) is 0 Å². The molecular formula is C12H11ClN4O2. The first-order chi connectivity index (χ1) is 9.13. The summed E-state index contributed by atoms with van der Waals surface area (Å²) < 4.78 is 5.28. The molecule has 0 spiro atoms. The highest BCUT2D eigenvalue weighted by atomic mass is 35.5. The van der Waals surface area contributed by atoms with Gasteiger partial charge in [0, 0.05) is 11.8 Å². The largest absolute Gasteiger partial charge is 0.484 e. The third-order valence-electron chi connectivity index (χ3n) is 2.13. The number of nitrogens with zero attached hydrogens (tertiary/aromatic N) is 2. The van der Waals surface area contributed by atoms with Crippen LogP contribution >= 0.6 is 11.6 Å². The van der Waals surface area contributed by atoms with E-state index in [0.29, 0.717) is 17.3 Å². The minimum Gasteiger partial charge on any atom is -0.484 e. The molecule has 0 atom stereocenters. The Hall–Kier alpha value is -2.34. The number of nitrogens with two attached hydrogens (primary N) is 1. The van der Waals surface area contributed by atoms with E-state index < -0.39 is 0 Å². The Bertz CT molecular complexity index is 574. The van der Waals surface area contributed by atoms with Crippen LogP contribution in [-0.2, 0) is 4.79 Å². The summed E-state index contributed by atoms with van der Waals surface area (Å²) in [5.74, 6) is 0.488. The second-order valence-corrected chi connectivity index (χ2v) is 4.04. The highest BCUT2D eigenvalue weighted by Gasteiger charge is 2.05. The number of halogens is 1. The van der Waals surface area contributed by atoms with Gasteiger partial charge >= 0.3 is 0 Å². The highest BCUT2D eigenvalue weighted by molar-refractivity contribution is 6.29. The lowest BCUT2D eigenvalue weighted by atomic mass is 10.3. The fourth-order valence-corrected chi connectivity index (χ4v) is 1.42. The first kappa shape index (κ1) is 13.1. The minimum absolute atomic E-state index is 0.145. The van der Waals surface area contributed by atoms with Crippen LogP contribution in [0, 0.1) is 0 Å². The molecule has 0 saturated heterocycles. The summed E-state index contributed by atoms with van der Waals surface area (Å²) in [4.78, 5) is 11.6. The van der Waals surface area contributed by atoms with Gasteiger partial charge in [-0.2, -0.15) is 0 Å². The molecule has 98 valence electrons. The summed E-state index contributed by atoms with van der Waals surface area (Å²) in [5.41, 5.74) is 6.16. The van der Waals surface area contributed by atoms with Gasteiger partial charge in [0.05, 0.1) is 0 Å². The fourth-order valence-electron chi connectivity index (χ4n) is 1.31. The Labute approximate surface area is 114 Å². The van der Waals surface area contributed by atoms with Gasteiger partial charge in [-0.05, 0) is 24.3 Å². The zero-order valence-electron chi connectivity index (χ0n) is 9.84. The molecule has 1 heterocycles. The first-order valence-corrected chi connectivity index (χ1v) is 5.79. The maximum Gasteiger partial charge on any atom is 0.263 e. The lowest BCUT2D eigenvalue weighted by Crippen LogP contribution is -2.20. The maximum atomic E-state index is 11.6. The molecular weight excluding hydrogens is 268 g/mol. The van der Waals surface area contributed by atoms with Gasteiger partial charge in [0.25, 0.3) is 5.91 Å². The first-order valence-electron chi connectivity index (χ1n) is 5.41. The van der Waals surface area contributed by atoms with Gasteiger partial charge in [-0.25, -0.2) is 0 Å². The molecule has 0 fully saturated rings. The molecule has 1 amide bonds. The predicted molar refractivity (Wildman–Crippen MR) is 72.0 cm³/mol. The van der Waals surface area contributed by atoms with E-state index in [4.69, 9.17) is 22.1 Å². The number of nitrogens with one attached hydrogen (secondary N) is 1. The monoisotopic (exact) mass is 278 g/mol. The fraction of sp³-hybridized carbons (Fsp3) is 0.0833. The van der Waals surface area contributed by atoms with E-state index in [1.807, 2.05) is 0 Å². The summed E-state index contributed by atoms with van der Waals surface area (Å²) in [5, 5.41) is 10.1. The molecule has 2 rings (SSSR count). The number of nitrogen functional groups attached to an aromatic ring is 1. The zero-order valence-corrected chi connectivity index (χ0v) is 10.6. The van der Waals surface area contributed by atoms with Crippen molar-refractivity contribution in [3.63, 3.8) is 0 Å². The van der Waals surface area contributed by atoms with Crippen molar-refractivity contribution in [2.75, 3.05) is 17.7 Å². The van der Waals surface area contributed by atoms with Crippen molar-refractivity contribution in [2.24, 2.45) is 0 Å². The number of ether oxygens (including phenoxy) is 1. The van der Waals surface area contributed by atoms with Gasteiger partial charge in [0.1, 0.15) is 5.75 Å². The van der Waals surface area contributed by atoms with Gasteiger partial charge in [-0.15, -0.1) is 10.2 Å². The van der Waals surface area contributed by atoms with Crippen molar-refractivity contribution in [3.05, 3.63) is 41.6 Å². The number of anilines is 2. The average molecular weight is 279 g/mol. The van der Waals surface area contributed by atoms with E-state index in [2.05, 4.69) is 15.5 Å². The van der Waals surface area contributed by atoms with Crippen LogP contribution in [0.4, 0.5) is 11.5 Å². The average Bonchev–Trinajstić information content (AvgIpc) is 2.39. The summed E-state index contributed by atoms with van der Waals surface area (Å²) in [7, 11) is 0. The molecule has 0 saturated carbocycles. The normalized spacial score (nSPS) is 9.95. The van der Waals surface area contributed by atoms with Crippen molar-refractivity contribution < 1.29 is 9.53 Å². The Balaban J connectivity index is 1.86. The smallest absolute Gasteiger partial charge is 0.263 e. The predicted octanol–water partition coefficient (Wildman–Crippen LogP) is 1.73. The van der Waals surface area contributed by atoms with Crippen LogP contribution in [0.5, 0.6) is 5.75 Å². The number of rotatable bonds is 4. The molecule has 3 N–H and O–H groups in total. The zero-order chi connectivity index (χ0) is 13.7. The van der Waals surface area contributed by atoms with E-state index >= 15 is 0 Å². The van der Waals surface area contributed by atoms with Gasteiger partial charge in [-0.3, -0.25) is 4.79 Å². The van der Waals surface area contributed by atoms with E-state index in [1.165, 1.54) is 6.07 Å². The summed E-state index contributed by atoms with van der Waals surface area (Å²) >= 11 is 5.58. The van der Waals surface area contributed by atoms with Crippen LogP contribution in [0.15, 0.2) is 36.4 Å². The molecule has 1 aromatic carbocycles. The minimum atomic E-state index is -0.348. The topological polar surface area (TPSA) is 90.1 Å². The molecule has 0 aliphatic rings. The molecule has 0 bridgehead atoms. The third kappa shape index (κ3) is 4.11. The lowest BCUT2D eigenvalue weighted by Gasteiger charge is -2.07. The molecule has 0 aliphatic carbocycles. The third-order valence-corrected chi connectivity index (χ3v) is 2.33. The van der Waals surface area contributed by atoms with Crippen molar-refractivity contribution in [1.29, 1.82) is 0 Å². The second-order valence-electron chi connectivity index (χ2n) is 3.65. The van der Waals surface area contributed by atoms with Gasteiger partial charge in [0.15, 0.2) is 17.6 Å². The van der Waals surface area contributed by atoms with Gasteiger partial charge in [-0.1, -0.05) is 17.7 Å². The number of carbonyl (C=O) groups excluding carboxylic acids is 1. The van der Waals surface area contributed by atoms with Crippen molar-refractivity contribution in [1.82, 2.24) is 10.2 Å². The number of hydrogen-bond donors (Lipinski definition) is 2. The summed E-state index contributed by atoms with van der Waals surface area (Å²) in [6.45, 7) is -0.145. The Kier molecular flexibility index (Phi) is 4.15. The van der Waals surface area contributed by atoms with Crippen LogP contribution in [0.25, 0.3) is 0 Å². The Morgan fingerprint density at radius 1 is 1.32 bits per heavy atom. The summed E-state index contributed by atoms with van der Waals surface area (Å²) in [6.07, 6.45) is 0. The highest BCUT2D eigenvalue weighted by Crippen LogP contribution is 2.14. The molecule has 0 radical (unpaired) electrons. The SMILES string of the molecule is Nc1cccc(OCC(=O)Nc2ccc(Cl)nn2)c1. The van der Waals surface area contributed by atoms with Crippen LogP contribution in [0.1, 0.15) is 0 Å². The lowest BCUT2D eigenvalue weighted by molar-refractivity contribution is -0.118. The second kappa shape index (κ2) is 6.01. The quantitative estimate of drug-likeness (QED) is 0.831. The van der Waals surface area contributed by atoms with E-state index in [9.17, 15) is 4.79 Å². The van der Waals surface area contributed by atoms with Crippen molar-refractivity contribution in [2.45, 2.75) is 0 Å². The number of benzene rings is 1. The van der Waals surface area contributed by atoms with Crippen molar-refractivity contribution in [3.8, 4) is 5.75 Å². The number of aromatic nitrogens is 2. The van der Waals surface area contributed by atoms with Gasteiger partial charge in [0.2, 0.25) is 0 Å². The Morgan fingerprint density at radius 2 is 2.16 bits per heavy atom. The summed E-state index contributed by atoms with van der Waals surface area (Å²) in [6, 6.07) is 9.90. The molecule has 1 aromatic heterocycles. The molecule has 2 aromatic rings. The van der Waals surface area contributed by atoms with Crippen LogP contribution in [-0.4, -0.2) is 22.7 Å². The number of hydrogen-bond acceptors (Lipinski definition) is 5. The van der Waals surface area contributed by atoms with E-state index in [0.717, 1.165) is 0 Å². The van der Waals surface area contributed by atoms with Crippen LogP contribution < -0.4 is 15.8 Å². The molecule has 0 aliphatic heterocycles.